The molecule has 0 aromatic carbocycles. The topological polar surface area (TPSA) is 93.0 Å². The van der Waals surface area contributed by atoms with Gasteiger partial charge in [0.25, 0.3) is 0 Å². The highest BCUT2D eigenvalue weighted by Crippen LogP contribution is 2.25. The Morgan fingerprint density at radius 2 is 2.56 bits per heavy atom. The molecular formula is C11H16N4O2S. The maximum atomic E-state index is 12.1. The van der Waals surface area contributed by atoms with Crippen molar-refractivity contribution in [1.82, 2.24) is 10.2 Å². The summed E-state index contributed by atoms with van der Waals surface area (Å²) in [6.45, 7) is 2.63. The second-order valence-electron chi connectivity index (χ2n) is 4.22. The highest BCUT2D eigenvalue weighted by atomic mass is 32.1. The largest absolute Gasteiger partial charge is 0.389 e. The summed E-state index contributed by atoms with van der Waals surface area (Å²) in [5.74, 6) is 0.243. The van der Waals surface area contributed by atoms with Crippen molar-refractivity contribution in [3.05, 3.63) is 11.8 Å². The third kappa shape index (κ3) is 2.51. The number of hydrogen-bond acceptors (Lipinski definition) is 4. The molecular weight excluding hydrogens is 252 g/mol. The van der Waals surface area contributed by atoms with E-state index in [2.05, 4.69) is 15.5 Å². The first-order chi connectivity index (χ1) is 8.63. The lowest BCUT2D eigenvalue weighted by molar-refractivity contribution is -0.121. The van der Waals surface area contributed by atoms with Crippen LogP contribution in [0.5, 0.6) is 0 Å². The Hall–Kier alpha value is -1.47. The second-order valence-corrected chi connectivity index (χ2v) is 4.66. The first-order valence-electron chi connectivity index (χ1n) is 5.89. The molecule has 0 aliphatic carbocycles. The number of carbonyl (C=O) groups excluding carboxylic acids is 1. The fraction of sp³-hybridized carbons (Fsp3) is 0.545. The molecule has 18 heavy (non-hydrogen) atoms. The van der Waals surface area contributed by atoms with Gasteiger partial charge in [0.2, 0.25) is 5.91 Å². The van der Waals surface area contributed by atoms with Crippen molar-refractivity contribution in [3.8, 4) is 0 Å². The first kappa shape index (κ1) is 13.0. The summed E-state index contributed by atoms with van der Waals surface area (Å²) in [6, 6.07) is 0. The Kier molecular flexibility index (Phi) is 3.93. The molecule has 0 spiro atoms. The number of amides is 1. The molecule has 1 aliphatic rings. The van der Waals surface area contributed by atoms with Crippen molar-refractivity contribution in [2.75, 3.05) is 11.9 Å². The molecule has 98 valence electrons. The monoisotopic (exact) mass is 268 g/mol. The normalized spacial score (nSPS) is 22.9. The van der Waals surface area contributed by atoms with Gasteiger partial charge in [-0.3, -0.25) is 9.89 Å². The molecule has 1 fully saturated rings. The van der Waals surface area contributed by atoms with Crippen LogP contribution in [0.4, 0.5) is 5.82 Å². The predicted molar refractivity (Wildman–Crippen MR) is 71.2 cm³/mol. The van der Waals surface area contributed by atoms with Gasteiger partial charge in [0.1, 0.15) is 10.8 Å². The highest BCUT2D eigenvalue weighted by molar-refractivity contribution is 7.80. The number of nitrogens with one attached hydrogen (secondary N) is 2. The Bertz CT molecular complexity index is 460. The van der Waals surface area contributed by atoms with Gasteiger partial charge in [0.15, 0.2) is 0 Å². The summed E-state index contributed by atoms with van der Waals surface area (Å²) in [6.07, 6.45) is 3.05. The van der Waals surface area contributed by atoms with E-state index in [0.29, 0.717) is 18.0 Å². The number of aromatic amines is 1. The number of thiocarbonyl (C=S) groups is 1. The van der Waals surface area contributed by atoms with E-state index in [1.165, 1.54) is 6.20 Å². The van der Waals surface area contributed by atoms with Crippen LogP contribution >= 0.6 is 12.2 Å². The molecule has 0 bridgehead atoms. The molecule has 7 heteroatoms. The lowest BCUT2D eigenvalue weighted by Crippen LogP contribution is -2.30. The molecule has 1 saturated heterocycles. The number of ether oxygens (including phenoxy) is 1. The van der Waals surface area contributed by atoms with Crippen LogP contribution in [0.15, 0.2) is 6.20 Å². The van der Waals surface area contributed by atoms with E-state index in [-0.39, 0.29) is 22.9 Å². The lowest BCUT2D eigenvalue weighted by atomic mass is 9.99. The second kappa shape index (κ2) is 5.45. The van der Waals surface area contributed by atoms with Gasteiger partial charge in [-0.25, -0.2) is 0 Å². The van der Waals surface area contributed by atoms with Crippen LogP contribution in [0, 0.1) is 5.92 Å². The average molecular weight is 268 g/mol. The van der Waals surface area contributed by atoms with Crippen LogP contribution in [0.1, 0.15) is 25.3 Å². The fourth-order valence-electron chi connectivity index (χ4n) is 2.13. The zero-order chi connectivity index (χ0) is 13.1. The zero-order valence-corrected chi connectivity index (χ0v) is 10.9. The molecule has 2 unspecified atom stereocenters. The Labute approximate surface area is 110 Å². The molecule has 1 aliphatic heterocycles. The summed E-state index contributed by atoms with van der Waals surface area (Å²) < 4.78 is 5.50. The average Bonchev–Trinajstić information content (AvgIpc) is 2.96. The smallest absolute Gasteiger partial charge is 0.231 e. The molecule has 2 atom stereocenters. The van der Waals surface area contributed by atoms with Crippen molar-refractivity contribution in [1.29, 1.82) is 0 Å². The van der Waals surface area contributed by atoms with E-state index in [9.17, 15) is 4.79 Å². The molecule has 1 aromatic rings. The third-order valence-corrected chi connectivity index (χ3v) is 3.32. The van der Waals surface area contributed by atoms with E-state index < -0.39 is 0 Å². The van der Waals surface area contributed by atoms with Gasteiger partial charge in [-0.05, 0) is 12.8 Å². The molecule has 2 rings (SSSR count). The minimum atomic E-state index is -0.127. The molecule has 4 N–H and O–H groups in total. The summed E-state index contributed by atoms with van der Waals surface area (Å²) in [5, 5.41) is 9.28. The van der Waals surface area contributed by atoms with Gasteiger partial charge in [0, 0.05) is 6.61 Å². The van der Waals surface area contributed by atoms with Gasteiger partial charge < -0.3 is 15.8 Å². The van der Waals surface area contributed by atoms with Gasteiger partial charge in [-0.2, -0.15) is 5.10 Å². The maximum absolute atomic E-state index is 12.1. The first-order valence-corrected chi connectivity index (χ1v) is 6.30. The molecule has 1 amide bonds. The summed E-state index contributed by atoms with van der Waals surface area (Å²) >= 11 is 4.88. The summed E-state index contributed by atoms with van der Waals surface area (Å²) in [5.41, 5.74) is 6.08. The van der Waals surface area contributed by atoms with Gasteiger partial charge in [-0.1, -0.05) is 19.1 Å². The fourth-order valence-corrected chi connectivity index (χ4v) is 2.29. The minimum absolute atomic E-state index is 0.0128. The summed E-state index contributed by atoms with van der Waals surface area (Å²) in [4.78, 5) is 12.3. The van der Waals surface area contributed by atoms with Crippen molar-refractivity contribution in [2.24, 2.45) is 11.7 Å². The van der Waals surface area contributed by atoms with E-state index in [1.54, 1.807) is 0 Å². The van der Waals surface area contributed by atoms with Gasteiger partial charge in [0.05, 0.1) is 23.8 Å². The Balaban J connectivity index is 2.07. The zero-order valence-electron chi connectivity index (χ0n) is 10.1. The predicted octanol–water partition coefficient (Wildman–Crippen LogP) is 0.797. The number of nitrogens with two attached hydrogens (primary N) is 1. The molecule has 0 radical (unpaired) electrons. The van der Waals surface area contributed by atoms with E-state index in [4.69, 9.17) is 22.7 Å². The maximum Gasteiger partial charge on any atom is 0.231 e. The quantitative estimate of drug-likeness (QED) is 0.702. The van der Waals surface area contributed by atoms with Crippen molar-refractivity contribution >= 4 is 28.9 Å². The number of H-pyrrole nitrogens is 1. The number of anilines is 1. The number of carbonyl (C=O) groups is 1. The Morgan fingerprint density at radius 1 is 1.78 bits per heavy atom. The molecule has 6 nitrogen and oxygen atoms in total. The molecule has 1 aromatic heterocycles. The SMILES string of the molecule is CCC1OCCC1C(=O)Nc1[nH]ncc1C(N)=S. The number of nitrogens with zero attached hydrogens (tertiary/aromatic N) is 1. The summed E-state index contributed by atoms with van der Waals surface area (Å²) in [7, 11) is 0. The lowest BCUT2D eigenvalue weighted by Gasteiger charge is -2.16. The van der Waals surface area contributed by atoms with Crippen LogP contribution in [-0.4, -0.2) is 33.8 Å². The van der Waals surface area contributed by atoms with Crippen LogP contribution in [0.2, 0.25) is 0 Å². The van der Waals surface area contributed by atoms with Gasteiger partial charge >= 0.3 is 0 Å². The van der Waals surface area contributed by atoms with Crippen LogP contribution in [0.3, 0.4) is 0 Å². The minimum Gasteiger partial charge on any atom is -0.389 e. The van der Waals surface area contributed by atoms with E-state index in [0.717, 1.165) is 12.8 Å². The number of rotatable bonds is 4. The van der Waals surface area contributed by atoms with E-state index >= 15 is 0 Å². The third-order valence-electron chi connectivity index (χ3n) is 3.10. The highest BCUT2D eigenvalue weighted by Gasteiger charge is 2.33. The van der Waals surface area contributed by atoms with Crippen molar-refractivity contribution in [2.45, 2.75) is 25.9 Å². The standard InChI is InChI=1S/C11H16N4O2S/c1-2-8-6(3-4-17-8)11(16)14-10-7(9(12)18)5-13-15-10/h5-6,8H,2-4H2,1H3,(H2,12,18)(H2,13,14,15,16). The van der Waals surface area contributed by atoms with E-state index in [1.807, 2.05) is 6.92 Å². The van der Waals surface area contributed by atoms with Crippen molar-refractivity contribution in [3.63, 3.8) is 0 Å². The Morgan fingerprint density at radius 3 is 3.22 bits per heavy atom. The van der Waals surface area contributed by atoms with Gasteiger partial charge in [-0.15, -0.1) is 0 Å². The van der Waals surface area contributed by atoms with Crippen molar-refractivity contribution < 1.29 is 9.53 Å². The van der Waals surface area contributed by atoms with Crippen LogP contribution in [-0.2, 0) is 9.53 Å². The van der Waals surface area contributed by atoms with Crippen LogP contribution < -0.4 is 11.1 Å². The number of aromatic nitrogens is 2. The molecule has 0 saturated carbocycles. The van der Waals surface area contributed by atoms with Crippen LogP contribution in [0.25, 0.3) is 0 Å². The molecule has 2 heterocycles. The number of hydrogen-bond donors (Lipinski definition) is 3.